The highest BCUT2D eigenvalue weighted by molar-refractivity contribution is 5.04. The topological polar surface area (TPSA) is 3.88 Å². The first-order chi connectivity index (χ1) is 8.36. The lowest BCUT2D eigenvalue weighted by atomic mass is 10.1. The lowest BCUT2D eigenvalue weighted by Crippen LogP contribution is -2.33. The molecular weight excluding hydrogens is 206 g/mol. The molecule has 96 valence electrons. The van der Waals surface area contributed by atoms with Crippen molar-refractivity contribution in [1.29, 1.82) is 0 Å². The first kappa shape index (κ1) is 14.2. The summed E-state index contributed by atoms with van der Waals surface area (Å²) in [6, 6.07) is 4.42. The van der Waals surface area contributed by atoms with Gasteiger partial charge in [-0.3, -0.25) is 0 Å². The van der Waals surface area contributed by atoms with Crippen LogP contribution in [-0.2, 0) is 13.0 Å². The van der Waals surface area contributed by atoms with E-state index < -0.39 is 0 Å². The molecule has 0 atom stereocenters. The van der Waals surface area contributed by atoms with E-state index in [1.807, 2.05) is 0 Å². The average Bonchev–Trinajstić information content (AvgIpc) is 2.35. The predicted octanol–water partition coefficient (Wildman–Crippen LogP) is 4.29. The lowest BCUT2D eigenvalue weighted by Gasteiger charge is -2.00. The highest BCUT2D eigenvalue weighted by Gasteiger charge is 2.01. The summed E-state index contributed by atoms with van der Waals surface area (Å²) in [6.45, 7) is 5.70. The smallest absolute Gasteiger partial charge is 0.171 e. The number of aromatic nitrogens is 1. The van der Waals surface area contributed by atoms with Crippen molar-refractivity contribution in [2.45, 2.75) is 71.8 Å². The Labute approximate surface area is 107 Å². The van der Waals surface area contributed by atoms with Gasteiger partial charge in [0.1, 0.15) is 6.54 Å². The van der Waals surface area contributed by atoms with E-state index in [1.54, 1.807) is 0 Å². The molecule has 1 heteroatoms. The summed E-state index contributed by atoms with van der Waals surface area (Å²) in [5, 5.41) is 0. The van der Waals surface area contributed by atoms with E-state index in [4.69, 9.17) is 0 Å². The Morgan fingerprint density at radius 1 is 0.941 bits per heavy atom. The van der Waals surface area contributed by atoms with Gasteiger partial charge in [0.05, 0.1) is 0 Å². The van der Waals surface area contributed by atoms with Gasteiger partial charge < -0.3 is 0 Å². The van der Waals surface area contributed by atoms with Crippen LogP contribution in [0.3, 0.4) is 0 Å². The van der Waals surface area contributed by atoms with E-state index in [9.17, 15) is 0 Å². The minimum Gasteiger partial charge on any atom is -0.205 e. The molecule has 0 unspecified atom stereocenters. The molecule has 0 fully saturated rings. The summed E-state index contributed by atoms with van der Waals surface area (Å²) >= 11 is 0. The minimum absolute atomic E-state index is 1.18. The van der Waals surface area contributed by atoms with E-state index in [-0.39, 0.29) is 0 Å². The maximum Gasteiger partial charge on any atom is 0.171 e. The number of unbranched alkanes of at least 4 members (excludes halogenated alkanes) is 5. The molecular formula is C16H28N+. The van der Waals surface area contributed by atoms with Crippen LogP contribution in [0.4, 0.5) is 0 Å². The van der Waals surface area contributed by atoms with Gasteiger partial charge in [-0.05, 0) is 18.9 Å². The number of pyridine rings is 1. The van der Waals surface area contributed by atoms with Gasteiger partial charge in [0.25, 0.3) is 0 Å². The molecule has 0 bridgehead atoms. The molecule has 1 aromatic heterocycles. The van der Waals surface area contributed by atoms with Crippen molar-refractivity contribution in [2.24, 2.45) is 0 Å². The Kier molecular flexibility index (Phi) is 7.70. The third-order valence-electron chi connectivity index (χ3n) is 3.23. The lowest BCUT2D eigenvalue weighted by molar-refractivity contribution is -0.697. The van der Waals surface area contributed by atoms with Crippen LogP contribution in [0.1, 0.15) is 64.4 Å². The number of hydrogen-bond donors (Lipinski definition) is 0. The molecule has 0 aliphatic heterocycles. The quantitative estimate of drug-likeness (QED) is 0.443. The van der Waals surface area contributed by atoms with E-state index in [0.717, 1.165) is 0 Å². The maximum atomic E-state index is 2.35. The summed E-state index contributed by atoms with van der Waals surface area (Å²) in [6.07, 6.45) is 15.2. The fourth-order valence-electron chi connectivity index (χ4n) is 2.23. The van der Waals surface area contributed by atoms with Crippen LogP contribution in [0.25, 0.3) is 0 Å². The van der Waals surface area contributed by atoms with Crippen LogP contribution in [0.2, 0.25) is 0 Å². The fourth-order valence-corrected chi connectivity index (χ4v) is 2.23. The largest absolute Gasteiger partial charge is 0.205 e. The molecule has 0 N–H and O–H groups in total. The van der Waals surface area contributed by atoms with Crippen LogP contribution in [-0.4, -0.2) is 0 Å². The summed E-state index contributed by atoms with van der Waals surface area (Å²) in [5.41, 5.74) is 1.47. The van der Waals surface area contributed by atoms with E-state index in [1.165, 1.54) is 63.5 Å². The van der Waals surface area contributed by atoms with Gasteiger partial charge in [0.15, 0.2) is 12.4 Å². The number of aryl methyl sites for hydroxylation is 2. The second-order valence-electron chi connectivity index (χ2n) is 4.97. The van der Waals surface area contributed by atoms with Crippen molar-refractivity contribution in [3.05, 3.63) is 30.1 Å². The van der Waals surface area contributed by atoms with Gasteiger partial charge in [0.2, 0.25) is 0 Å². The van der Waals surface area contributed by atoms with Crippen molar-refractivity contribution in [3.63, 3.8) is 0 Å². The fraction of sp³-hybridized carbons (Fsp3) is 0.688. The van der Waals surface area contributed by atoms with Crippen LogP contribution in [0.15, 0.2) is 24.5 Å². The molecule has 0 aliphatic rings. The maximum absolute atomic E-state index is 2.35. The molecule has 0 radical (unpaired) electrons. The zero-order valence-electron chi connectivity index (χ0n) is 11.6. The Balaban J connectivity index is 2.19. The zero-order chi connectivity index (χ0) is 12.3. The minimum atomic E-state index is 1.18. The molecule has 1 rings (SSSR count). The molecule has 0 aromatic carbocycles. The highest BCUT2D eigenvalue weighted by atomic mass is 14.9. The number of nitrogens with zero attached hydrogens (tertiary/aromatic N) is 1. The molecule has 17 heavy (non-hydrogen) atoms. The van der Waals surface area contributed by atoms with Crippen LogP contribution < -0.4 is 4.57 Å². The van der Waals surface area contributed by atoms with Crippen LogP contribution >= 0.6 is 0 Å². The molecule has 0 spiro atoms. The van der Waals surface area contributed by atoms with Crippen molar-refractivity contribution >= 4 is 0 Å². The Hall–Kier alpha value is -0.850. The third kappa shape index (κ3) is 6.45. The third-order valence-corrected chi connectivity index (χ3v) is 3.23. The molecule has 0 saturated carbocycles. The van der Waals surface area contributed by atoms with E-state index in [2.05, 4.69) is 42.9 Å². The van der Waals surface area contributed by atoms with Crippen molar-refractivity contribution in [2.75, 3.05) is 0 Å². The summed E-state index contributed by atoms with van der Waals surface area (Å²) < 4.78 is 2.35. The molecule has 0 saturated heterocycles. The summed E-state index contributed by atoms with van der Waals surface area (Å²) in [5.74, 6) is 0. The van der Waals surface area contributed by atoms with Crippen LogP contribution in [0, 0.1) is 0 Å². The molecule has 1 heterocycles. The van der Waals surface area contributed by atoms with Gasteiger partial charge in [-0.25, -0.2) is 4.57 Å². The van der Waals surface area contributed by atoms with Crippen molar-refractivity contribution in [1.82, 2.24) is 0 Å². The van der Waals surface area contributed by atoms with Crippen molar-refractivity contribution in [3.8, 4) is 0 Å². The number of hydrogen-bond acceptors (Lipinski definition) is 0. The molecule has 0 aliphatic carbocycles. The predicted molar refractivity (Wildman–Crippen MR) is 74.0 cm³/mol. The first-order valence-electron chi connectivity index (χ1n) is 7.34. The molecule has 1 nitrogen and oxygen atoms in total. The highest BCUT2D eigenvalue weighted by Crippen LogP contribution is 2.05. The zero-order valence-corrected chi connectivity index (χ0v) is 11.6. The first-order valence-corrected chi connectivity index (χ1v) is 7.34. The second kappa shape index (κ2) is 9.21. The van der Waals surface area contributed by atoms with Gasteiger partial charge in [-0.1, -0.05) is 46.0 Å². The Bertz CT molecular complexity index is 293. The second-order valence-corrected chi connectivity index (χ2v) is 4.97. The normalized spacial score (nSPS) is 10.7. The Morgan fingerprint density at radius 2 is 1.71 bits per heavy atom. The SMILES string of the molecule is CCCCCCCC[n+]1cccc(CCC)c1. The summed E-state index contributed by atoms with van der Waals surface area (Å²) in [7, 11) is 0. The molecule has 1 aromatic rings. The van der Waals surface area contributed by atoms with Gasteiger partial charge in [0, 0.05) is 18.1 Å². The van der Waals surface area contributed by atoms with E-state index >= 15 is 0 Å². The Morgan fingerprint density at radius 3 is 2.47 bits per heavy atom. The van der Waals surface area contributed by atoms with E-state index in [0.29, 0.717) is 0 Å². The number of rotatable bonds is 9. The summed E-state index contributed by atoms with van der Waals surface area (Å²) in [4.78, 5) is 0. The van der Waals surface area contributed by atoms with Gasteiger partial charge >= 0.3 is 0 Å². The van der Waals surface area contributed by atoms with Gasteiger partial charge in [-0.2, -0.15) is 0 Å². The van der Waals surface area contributed by atoms with Gasteiger partial charge in [-0.15, -0.1) is 0 Å². The average molecular weight is 234 g/mol. The standard InChI is InChI=1S/C16H28N/c1-3-5-6-7-8-9-13-17-14-10-12-16(15-17)11-4-2/h10,12,14-15H,3-9,11,13H2,1-2H3/q+1. The van der Waals surface area contributed by atoms with Crippen LogP contribution in [0.5, 0.6) is 0 Å². The molecule has 0 amide bonds. The monoisotopic (exact) mass is 234 g/mol. The van der Waals surface area contributed by atoms with Crippen molar-refractivity contribution < 1.29 is 4.57 Å².